The Morgan fingerprint density at radius 2 is 1.74 bits per heavy atom. The number of phenolic OH excluding ortho intramolecular Hbond substituents is 1. The number of aromatic hydroxyl groups is 1. The van der Waals surface area contributed by atoms with E-state index in [1.54, 1.807) is 25.1 Å². The zero-order valence-corrected chi connectivity index (χ0v) is 21.8. The second kappa shape index (κ2) is 12.2. The third-order valence-corrected chi connectivity index (χ3v) is 5.88. The van der Waals surface area contributed by atoms with Crippen molar-refractivity contribution >= 4 is 50.4 Å². The fraction of sp³-hybridized carbons (Fsp3) is 0.107. The number of anilines is 1. The Morgan fingerprint density at radius 1 is 1.03 bits per heavy atom. The molecule has 0 saturated carbocycles. The van der Waals surface area contributed by atoms with E-state index in [1.165, 1.54) is 36.5 Å². The minimum absolute atomic E-state index is 0.0969. The molecule has 0 aliphatic rings. The Morgan fingerprint density at radius 3 is 2.45 bits per heavy atom. The predicted molar refractivity (Wildman–Crippen MR) is 147 cm³/mol. The Balaban J connectivity index is 1.43. The summed E-state index contributed by atoms with van der Waals surface area (Å²) in [5, 5.41) is 18.5. The summed E-state index contributed by atoms with van der Waals surface area (Å²) >= 11 is 3.42. The van der Waals surface area contributed by atoms with Gasteiger partial charge < -0.3 is 19.9 Å². The lowest BCUT2D eigenvalue weighted by atomic mass is 10.1. The van der Waals surface area contributed by atoms with Crippen molar-refractivity contribution in [2.75, 3.05) is 18.5 Å². The fourth-order valence-electron chi connectivity index (χ4n) is 3.57. The average molecular weight is 580 g/mol. The van der Waals surface area contributed by atoms with Gasteiger partial charge in [0.2, 0.25) is 0 Å². The number of phenols is 1. The van der Waals surface area contributed by atoms with Crippen molar-refractivity contribution in [2.24, 2.45) is 5.10 Å². The molecule has 3 N–H and O–H groups in total. The highest BCUT2D eigenvalue weighted by Crippen LogP contribution is 2.36. The van der Waals surface area contributed by atoms with E-state index in [1.807, 2.05) is 24.3 Å². The number of carbonyl (C=O) groups excluding carboxylic acids is 2. The molecule has 0 radical (unpaired) electrons. The van der Waals surface area contributed by atoms with Crippen molar-refractivity contribution < 1.29 is 28.6 Å². The van der Waals surface area contributed by atoms with E-state index >= 15 is 0 Å². The van der Waals surface area contributed by atoms with Gasteiger partial charge in [0.1, 0.15) is 11.6 Å². The van der Waals surface area contributed by atoms with Crippen molar-refractivity contribution in [1.29, 1.82) is 0 Å². The third-order valence-electron chi connectivity index (χ3n) is 5.30. The van der Waals surface area contributed by atoms with Crippen LogP contribution in [0.5, 0.6) is 17.2 Å². The number of carbonyl (C=O) groups is 2. The average Bonchev–Trinajstić information content (AvgIpc) is 2.89. The molecule has 0 bridgehead atoms. The molecule has 0 aliphatic heterocycles. The smallest absolute Gasteiger partial charge is 0.275 e. The molecule has 8 nitrogen and oxygen atoms in total. The zero-order chi connectivity index (χ0) is 27.1. The fourth-order valence-corrected chi connectivity index (χ4v) is 4.14. The maximum atomic E-state index is 13.1. The standard InChI is InChI=1S/C28H23BrFN3O5/c1-2-37-25-12-17(11-23(29)27(25)38-16-26(35)32-21-9-7-20(30)8-10-21)15-31-33-28(36)22-13-18-5-3-4-6-19(18)14-24(22)34/h3-15,34H,2,16H2,1H3,(H,32,35)(H,33,36). The van der Waals surface area contributed by atoms with Gasteiger partial charge in [-0.25, -0.2) is 9.82 Å². The van der Waals surface area contributed by atoms with E-state index in [2.05, 4.69) is 31.8 Å². The van der Waals surface area contributed by atoms with Gasteiger partial charge in [-0.15, -0.1) is 0 Å². The second-order valence-corrected chi connectivity index (χ2v) is 8.88. The monoisotopic (exact) mass is 579 g/mol. The van der Waals surface area contributed by atoms with Crippen LogP contribution in [0.1, 0.15) is 22.8 Å². The highest BCUT2D eigenvalue weighted by atomic mass is 79.9. The van der Waals surface area contributed by atoms with Crippen molar-refractivity contribution in [3.63, 3.8) is 0 Å². The van der Waals surface area contributed by atoms with E-state index in [0.29, 0.717) is 33.8 Å². The molecule has 0 aromatic heterocycles. The Bertz CT molecular complexity index is 1510. The van der Waals surface area contributed by atoms with E-state index < -0.39 is 17.6 Å². The summed E-state index contributed by atoms with van der Waals surface area (Å²) in [4.78, 5) is 24.9. The molecule has 0 atom stereocenters. The maximum absolute atomic E-state index is 13.1. The van der Waals surface area contributed by atoms with Crippen LogP contribution in [0.4, 0.5) is 10.1 Å². The Hall–Kier alpha value is -4.44. The minimum Gasteiger partial charge on any atom is -0.507 e. The van der Waals surface area contributed by atoms with Crippen LogP contribution in [0.2, 0.25) is 0 Å². The number of halogens is 2. The van der Waals surface area contributed by atoms with Gasteiger partial charge in [0, 0.05) is 5.69 Å². The van der Waals surface area contributed by atoms with Gasteiger partial charge in [0.25, 0.3) is 11.8 Å². The molecule has 2 amide bonds. The molecule has 10 heteroatoms. The molecular formula is C28H23BrFN3O5. The topological polar surface area (TPSA) is 109 Å². The van der Waals surface area contributed by atoms with Crippen LogP contribution in [-0.4, -0.2) is 36.3 Å². The number of hydrogen-bond acceptors (Lipinski definition) is 6. The molecule has 0 spiro atoms. The summed E-state index contributed by atoms with van der Waals surface area (Å²) in [6, 6.07) is 19.2. The van der Waals surface area contributed by atoms with Gasteiger partial charge in [0.15, 0.2) is 18.1 Å². The molecule has 4 aromatic carbocycles. The second-order valence-electron chi connectivity index (χ2n) is 8.02. The van der Waals surface area contributed by atoms with Gasteiger partial charge >= 0.3 is 0 Å². The molecular weight excluding hydrogens is 557 g/mol. The van der Waals surface area contributed by atoms with Crippen molar-refractivity contribution in [3.8, 4) is 17.2 Å². The first-order chi connectivity index (χ1) is 18.3. The van der Waals surface area contributed by atoms with Crippen LogP contribution in [-0.2, 0) is 4.79 Å². The molecule has 0 fully saturated rings. The number of hydrazone groups is 1. The quantitative estimate of drug-likeness (QED) is 0.176. The molecule has 0 aliphatic carbocycles. The summed E-state index contributed by atoms with van der Waals surface area (Å²) < 4.78 is 24.9. The molecule has 4 rings (SSSR count). The molecule has 194 valence electrons. The van der Waals surface area contributed by atoms with Crippen molar-refractivity contribution in [2.45, 2.75) is 6.92 Å². The van der Waals surface area contributed by atoms with Crippen LogP contribution in [0.3, 0.4) is 0 Å². The molecule has 4 aromatic rings. The lowest BCUT2D eigenvalue weighted by Gasteiger charge is -2.14. The number of ether oxygens (including phenoxy) is 2. The number of nitrogens with one attached hydrogen (secondary N) is 2. The summed E-state index contributed by atoms with van der Waals surface area (Å²) in [6.45, 7) is 1.83. The van der Waals surface area contributed by atoms with Gasteiger partial charge in [-0.2, -0.15) is 5.10 Å². The minimum atomic E-state index is -0.569. The Labute approximate surface area is 226 Å². The zero-order valence-electron chi connectivity index (χ0n) is 20.2. The number of nitrogens with zero attached hydrogens (tertiary/aromatic N) is 1. The Kier molecular flexibility index (Phi) is 8.55. The molecule has 0 unspecified atom stereocenters. The SMILES string of the molecule is CCOc1cc(C=NNC(=O)c2cc3ccccc3cc2O)cc(Br)c1OCC(=O)Nc1ccc(F)cc1. The number of benzene rings is 4. The van der Waals surface area contributed by atoms with Crippen LogP contribution >= 0.6 is 15.9 Å². The lowest BCUT2D eigenvalue weighted by Crippen LogP contribution is -2.20. The lowest BCUT2D eigenvalue weighted by molar-refractivity contribution is -0.118. The van der Waals surface area contributed by atoms with Gasteiger partial charge in [-0.1, -0.05) is 24.3 Å². The highest BCUT2D eigenvalue weighted by molar-refractivity contribution is 9.10. The molecule has 0 saturated heterocycles. The largest absolute Gasteiger partial charge is 0.507 e. The van der Waals surface area contributed by atoms with Crippen molar-refractivity contribution in [3.05, 3.63) is 94.2 Å². The predicted octanol–water partition coefficient (Wildman–Crippen LogP) is 5.63. The first-order valence-corrected chi connectivity index (χ1v) is 12.3. The molecule has 38 heavy (non-hydrogen) atoms. The normalized spacial score (nSPS) is 10.9. The van der Waals surface area contributed by atoms with Crippen LogP contribution in [0.25, 0.3) is 10.8 Å². The van der Waals surface area contributed by atoms with Crippen LogP contribution in [0, 0.1) is 5.82 Å². The van der Waals surface area contributed by atoms with Gasteiger partial charge in [-0.3, -0.25) is 9.59 Å². The van der Waals surface area contributed by atoms with Crippen molar-refractivity contribution in [1.82, 2.24) is 5.43 Å². The maximum Gasteiger partial charge on any atom is 0.275 e. The first kappa shape index (κ1) is 26.6. The third kappa shape index (κ3) is 6.65. The number of fused-ring (bicyclic) bond motifs is 1. The van der Waals surface area contributed by atoms with E-state index in [9.17, 15) is 19.1 Å². The first-order valence-electron chi connectivity index (χ1n) is 11.5. The number of rotatable bonds is 9. The summed E-state index contributed by atoms with van der Waals surface area (Å²) in [5.74, 6) is -0.890. The van der Waals surface area contributed by atoms with Crippen LogP contribution < -0.4 is 20.2 Å². The van der Waals surface area contributed by atoms with Crippen LogP contribution in [0.15, 0.2) is 82.4 Å². The number of amides is 2. The van der Waals surface area contributed by atoms with E-state index in [4.69, 9.17) is 9.47 Å². The summed E-state index contributed by atoms with van der Waals surface area (Å²) in [6.07, 6.45) is 1.41. The summed E-state index contributed by atoms with van der Waals surface area (Å²) in [5.41, 5.74) is 3.52. The summed E-state index contributed by atoms with van der Waals surface area (Å²) in [7, 11) is 0. The number of hydrogen-bond donors (Lipinski definition) is 3. The highest BCUT2D eigenvalue weighted by Gasteiger charge is 2.15. The van der Waals surface area contributed by atoms with Gasteiger partial charge in [-0.05, 0) is 87.7 Å². The van der Waals surface area contributed by atoms with Gasteiger partial charge in [0.05, 0.1) is 22.9 Å². The molecule has 0 heterocycles. The van der Waals surface area contributed by atoms with E-state index in [0.717, 1.165) is 10.8 Å². The van der Waals surface area contributed by atoms with E-state index in [-0.39, 0.29) is 17.9 Å².